The number of anilines is 9. The molecule has 1 spiro atoms. The van der Waals surface area contributed by atoms with E-state index in [1.807, 2.05) is 72.8 Å². The molecule has 0 saturated carbocycles. The highest BCUT2D eigenvalue weighted by Crippen LogP contribution is 2.65. The normalized spacial score (nSPS) is 12.2. The minimum absolute atomic E-state index is 0.782. The summed E-state index contributed by atoms with van der Waals surface area (Å²) in [6, 6.07) is 79.3. The van der Waals surface area contributed by atoms with Gasteiger partial charge in [0.15, 0.2) is 0 Å². The van der Waals surface area contributed by atoms with Gasteiger partial charge in [0.2, 0.25) is 0 Å². The second-order valence-electron chi connectivity index (χ2n) is 18.7. The number of fused-ring (bicyclic) bond motifs is 10. The third kappa shape index (κ3) is 7.95. The molecule has 0 heterocycles. The Morgan fingerprint density at radius 1 is 0.224 bits per heavy atom. The van der Waals surface area contributed by atoms with Gasteiger partial charge < -0.3 is 43.1 Å². The summed E-state index contributed by atoms with van der Waals surface area (Å²) in [6.45, 7) is 0. The SMILES string of the molecule is COc1ccc(N(c2ccc(OC)cc2)c2ccc3c(c2)C2(c4ccccc4-3)c3cc(N(c4ccc(OC)cc4)c4ccc(OC)cc4)ccc3-c3ccc(N(c4ccc(OC)cc4)c4ccc(OC)cc4)cc32)cc1. The summed E-state index contributed by atoms with van der Waals surface area (Å²) < 4.78 is 34.0. The van der Waals surface area contributed by atoms with Crippen molar-refractivity contribution in [2.45, 2.75) is 5.41 Å². The van der Waals surface area contributed by atoms with E-state index in [1.165, 1.54) is 33.4 Å². The summed E-state index contributed by atoms with van der Waals surface area (Å²) in [5.74, 6) is 4.69. The molecule has 10 aromatic rings. The van der Waals surface area contributed by atoms with Crippen LogP contribution in [0.2, 0.25) is 0 Å². The molecule has 0 bridgehead atoms. The molecule has 9 nitrogen and oxygen atoms in total. The number of benzene rings is 10. The summed E-state index contributed by atoms with van der Waals surface area (Å²) in [5.41, 5.74) is 17.5. The lowest BCUT2D eigenvalue weighted by molar-refractivity contribution is 0.414. The third-order valence-corrected chi connectivity index (χ3v) is 14.9. The van der Waals surface area contributed by atoms with Crippen molar-refractivity contribution in [3.8, 4) is 56.8 Å². The van der Waals surface area contributed by atoms with Crippen molar-refractivity contribution in [3.63, 3.8) is 0 Å². The predicted molar refractivity (Wildman–Crippen MR) is 306 cm³/mol. The molecule has 2 aliphatic rings. The number of nitrogens with zero attached hydrogens (tertiary/aromatic N) is 3. The lowest BCUT2D eigenvalue weighted by Gasteiger charge is -2.34. The first-order valence-electron chi connectivity index (χ1n) is 25.2. The van der Waals surface area contributed by atoms with E-state index in [4.69, 9.17) is 28.4 Å². The molecule has 76 heavy (non-hydrogen) atoms. The molecule has 0 radical (unpaired) electrons. The molecule has 0 unspecified atom stereocenters. The topological polar surface area (TPSA) is 65.1 Å². The van der Waals surface area contributed by atoms with Crippen LogP contribution in [0.25, 0.3) is 22.3 Å². The summed E-state index contributed by atoms with van der Waals surface area (Å²) >= 11 is 0. The van der Waals surface area contributed by atoms with Gasteiger partial charge in [0.25, 0.3) is 0 Å². The van der Waals surface area contributed by atoms with Crippen molar-refractivity contribution >= 4 is 51.2 Å². The zero-order valence-electron chi connectivity index (χ0n) is 43.2. The average Bonchev–Trinajstić information content (AvgIpc) is 3.99. The van der Waals surface area contributed by atoms with E-state index < -0.39 is 5.41 Å². The number of methoxy groups -OCH3 is 6. The molecule has 0 N–H and O–H groups in total. The quantitative estimate of drug-likeness (QED) is 0.0999. The molecule has 2 aliphatic carbocycles. The maximum absolute atomic E-state index is 5.66. The van der Waals surface area contributed by atoms with Crippen LogP contribution in [-0.4, -0.2) is 42.7 Å². The fourth-order valence-corrected chi connectivity index (χ4v) is 11.3. The Kier molecular flexibility index (Phi) is 12.3. The molecular formula is C67H55N3O6. The van der Waals surface area contributed by atoms with Gasteiger partial charge in [0, 0.05) is 51.2 Å². The van der Waals surface area contributed by atoms with Gasteiger partial charge in [-0.2, -0.15) is 0 Å². The van der Waals surface area contributed by atoms with Crippen LogP contribution in [0.1, 0.15) is 22.3 Å². The molecule has 0 amide bonds. The van der Waals surface area contributed by atoms with E-state index in [1.54, 1.807) is 42.7 Å². The van der Waals surface area contributed by atoms with Crippen LogP contribution in [0.3, 0.4) is 0 Å². The van der Waals surface area contributed by atoms with Crippen LogP contribution in [-0.2, 0) is 5.41 Å². The van der Waals surface area contributed by atoms with Crippen molar-refractivity contribution in [3.05, 3.63) is 247 Å². The lowest BCUT2D eigenvalue weighted by Crippen LogP contribution is -2.27. The van der Waals surface area contributed by atoms with Crippen LogP contribution < -0.4 is 43.1 Å². The van der Waals surface area contributed by atoms with E-state index in [9.17, 15) is 0 Å². The Labute approximate surface area is 443 Å². The minimum Gasteiger partial charge on any atom is -0.497 e. The second-order valence-corrected chi connectivity index (χ2v) is 18.7. The summed E-state index contributed by atoms with van der Waals surface area (Å²) in [4.78, 5) is 6.93. The monoisotopic (exact) mass is 997 g/mol. The lowest BCUT2D eigenvalue weighted by atomic mass is 9.70. The zero-order valence-corrected chi connectivity index (χ0v) is 43.2. The van der Waals surface area contributed by atoms with Gasteiger partial charge in [-0.1, -0.05) is 42.5 Å². The predicted octanol–water partition coefficient (Wildman–Crippen LogP) is 16.5. The Bertz CT molecular complexity index is 3270. The summed E-state index contributed by atoms with van der Waals surface area (Å²) in [6.07, 6.45) is 0. The number of rotatable bonds is 15. The van der Waals surface area contributed by atoms with Gasteiger partial charge >= 0.3 is 0 Å². The highest BCUT2D eigenvalue weighted by molar-refractivity contribution is 5.99. The average molecular weight is 998 g/mol. The van der Waals surface area contributed by atoms with Crippen LogP contribution in [0.5, 0.6) is 34.5 Å². The zero-order chi connectivity index (χ0) is 51.9. The summed E-state index contributed by atoms with van der Waals surface area (Å²) in [7, 11) is 10.2. The van der Waals surface area contributed by atoms with Crippen LogP contribution in [0.15, 0.2) is 224 Å². The highest BCUT2D eigenvalue weighted by Gasteiger charge is 2.52. The van der Waals surface area contributed by atoms with E-state index in [0.29, 0.717) is 0 Å². The van der Waals surface area contributed by atoms with Crippen molar-refractivity contribution in [2.24, 2.45) is 0 Å². The molecule has 0 aromatic heterocycles. The Morgan fingerprint density at radius 2 is 0.434 bits per heavy atom. The second kappa shape index (κ2) is 19.7. The van der Waals surface area contributed by atoms with E-state index >= 15 is 0 Å². The molecule has 0 atom stereocenters. The molecule has 374 valence electrons. The van der Waals surface area contributed by atoms with Crippen molar-refractivity contribution < 1.29 is 28.4 Å². The maximum Gasteiger partial charge on any atom is 0.119 e. The molecule has 0 saturated heterocycles. The Morgan fingerprint density at radius 3 is 0.671 bits per heavy atom. The van der Waals surface area contributed by atoms with E-state index in [2.05, 4.69) is 166 Å². The van der Waals surface area contributed by atoms with Gasteiger partial charge in [-0.3, -0.25) is 0 Å². The first-order valence-corrected chi connectivity index (χ1v) is 25.2. The van der Waals surface area contributed by atoms with E-state index in [-0.39, 0.29) is 0 Å². The van der Waals surface area contributed by atoms with Gasteiger partial charge in [-0.25, -0.2) is 0 Å². The Hall–Kier alpha value is -9.60. The fourth-order valence-electron chi connectivity index (χ4n) is 11.3. The number of hydrogen-bond donors (Lipinski definition) is 0. The van der Waals surface area contributed by atoms with Gasteiger partial charge in [-0.05, 0) is 226 Å². The highest BCUT2D eigenvalue weighted by atomic mass is 16.5. The molecular weight excluding hydrogens is 943 g/mol. The smallest absolute Gasteiger partial charge is 0.119 e. The number of hydrogen-bond acceptors (Lipinski definition) is 9. The van der Waals surface area contributed by atoms with Gasteiger partial charge in [0.05, 0.1) is 48.1 Å². The van der Waals surface area contributed by atoms with Crippen LogP contribution >= 0.6 is 0 Å². The Balaban J connectivity index is 1.14. The minimum atomic E-state index is -0.804. The molecule has 12 rings (SSSR count). The molecule has 0 aliphatic heterocycles. The van der Waals surface area contributed by atoms with Crippen molar-refractivity contribution in [1.82, 2.24) is 0 Å². The number of ether oxygens (including phenoxy) is 6. The molecule has 9 heteroatoms. The van der Waals surface area contributed by atoms with Crippen LogP contribution in [0, 0.1) is 0 Å². The standard InChI is InChI=1S/C67H55N3O6/c1-71-53-26-11-44(12-27-53)68(45-13-28-54(72-2)29-14-45)50-23-38-60-59-9-7-8-10-63(59)67(64(60)41-50)65-42-51(69(46-15-30-55(73-3)31-16-46)47-17-32-56(74-4)33-18-47)24-39-61(65)62-40-25-52(43-66(62)67)70(48-19-34-57(75-5)35-20-48)49-21-36-58(76-6)37-22-49/h7-43H,1-6H3. The third-order valence-electron chi connectivity index (χ3n) is 14.9. The largest absolute Gasteiger partial charge is 0.497 e. The fraction of sp³-hybridized carbons (Fsp3) is 0.104. The maximum atomic E-state index is 5.66. The van der Waals surface area contributed by atoms with Crippen molar-refractivity contribution in [2.75, 3.05) is 57.4 Å². The summed E-state index contributed by atoms with van der Waals surface area (Å²) in [5, 5.41) is 0. The molecule has 0 fully saturated rings. The van der Waals surface area contributed by atoms with Crippen LogP contribution in [0.4, 0.5) is 51.2 Å². The van der Waals surface area contributed by atoms with Gasteiger partial charge in [0.1, 0.15) is 34.5 Å². The van der Waals surface area contributed by atoms with E-state index in [0.717, 1.165) is 96.8 Å². The first-order chi connectivity index (χ1) is 37.4. The van der Waals surface area contributed by atoms with Crippen molar-refractivity contribution in [1.29, 1.82) is 0 Å². The molecule has 10 aromatic carbocycles. The first kappa shape index (κ1) is 47.4. The van der Waals surface area contributed by atoms with Gasteiger partial charge in [-0.15, -0.1) is 0 Å².